The average Bonchev–Trinajstić information content (AvgIpc) is 2.61. The van der Waals surface area contributed by atoms with Crippen molar-refractivity contribution in [1.29, 1.82) is 0 Å². The van der Waals surface area contributed by atoms with Gasteiger partial charge in [0, 0.05) is 0 Å². The van der Waals surface area contributed by atoms with Crippen molar-refractivity contribution in [3.8, 4) is 0 Å². The number of hydrogen-bond acceptors (Lipinski definition) is 4. The second-order valence-corrected chi connectivity index (χ2v) is 6.13. The molecule has 0 aromatic rings. The van der Waals surface area contributed by atoms with E-state index in [1.807, 2.05) is 13.0 Å². The Hall–Kier alpha value is -1.95. The molecule has 0 aliphatic rings. The molecule has 5 nitrogen and oxygen atoms in total. The number of hydrogen-bond donors (Lipinski definition) is 4. The number of aliphatic hydroxyl groups is 3. The summed E-state index contributed by atoms with van der Waals surface area (Å²) < 4.78 is 0. The summed E-state index contributed by atoms with van der Waals surface area (Å²) in [6, 6.07) is 0. The van der Waals surface area contributed by atoms with Gasteiger partial charge in [-0.15, -0.1) is 0 Å². The zero-order valence-electron chi connectivity index (χ0n) is 15.6. The van der Waals surface area contributed by atoms with Gasteiger partial charge in [0.2, 0.25) is 0 Å². The van der Waals surface area contributed by atoms with Crippen LogP contribution in [0.25, 0.3) is 0 Å². The van der Waals surface area contributed by atoms with E-state index < -0.39 is 30.2 Å². The average molecular weight is 364 g/mol. The van der Waals surface area contributed by atoms with Gasteiger partial charge in [-0.05, 0) is 25.7 Å². The Kier molecular flexibility index (Phi) is 14.2. The third-order valence-electron chi connectivity index (χ3n) is 3.69. The smallest absolute Gasteiger partial charge is 0.306 e. The molecule has 146 valence electrons. The van der Waals surface area contributed by atoms with Crippen LogP contribution < -0.4 is 0 Å². The van der Waals surface area contributed by atoms with Crippen LogP contribution in [0.15, 0.2) is 60.8 Å². The number of carboxylic acid groups (broad SMARTS) is 1. The van der Waals surface area contributed by atoms with E-state index in [0.717, 1.165) is 0 Å². The molecule has 0 aliphatic carbocycles. The van der Waals surface area contributed by atoms with Crippen LogP contribution in [0.2, 0.25) is 0 Å². The van der Waals surface area contributed by atoms with E-state index in [9.17, 15) is 20.1 Å². The van der Waals surface area contributed by atoms with Gasteiger partial charge in [-0.3, -0.25) is 4.79 Å². The van der Waals surface area contributed by atoms with Gasteiger partial charge >= 0.3 is 5.97 Å². The summed E-state index contributed by atoms with van der Waals surface area (Å²) in [4.78, 5) is 10.7. The van der Waals surface area contributed by atoms with Crippen molar-refractivity contribution < 1.29 is 25.2 Å². The molecule has 0 aromatic carbocycles. The van der Waals surface area contributed by atoms with E-state index in [-0.39, 0.29) is 0 Å². The normalized spacial score (nSPS) is 17.7. The van der Waals surface area contributed by atoms with Crippen LogP contribution in [0, 0.1) is 5.92 Å². The first-order chi connectivity index (χ1) is 12.4. The van der Waals surface area contributed by atoms with Gasteiger partial charge < -0.3 is 20.4 Å². The summed E-state index contributed by atoms with van der Waals surface area (Å²) in [5, 5.41) is 37.6. The zero-order chi connectivity index (χ0) is 19.8. The van der Waals surface area contributed by atoms with Crippen molar-refractivity contribution in [2.45, 2.75) is 57.8 Å². The van der Waals surface area contributed by atoms with Crippen molar-refractivity contribution in [2.24, 2.45) is 5.92 Å². The molecular weight excluding hydrogens is 332 g/mol. The lowest BCUT2D eigenvalue weighted by Gasteiger charge is -2.07. The molecule has 0 fully saturated rings. The van der Waals surface area contributed by atoms with Crippen LogP contribution in [0.3, 0.4) is 0 Å². The third kappa shape index (κ3) is 14.4. The van der Waals surface area contributed by atoms with Crippen molar-refractivity contribution >= 4 is 5.97 Å². The lowest BCUT2D eigenvalue weighted by atomic mass is 10.0. The lowest BCUT2D eigenvalue weighted by molar-refractivity contribution is -0.141. The highest BCUT2D eigenvalue weighted by Gasteiger charge is 2.11. The first kappa shape index (κ1) is 24.1. The monoisotopic (exact) mass is 364 g/mol. The van der Waals surface area contributed by atoms with Crippen molar-refractivity contribution in [1.82, 2.24) is 0 Å². The van der Waals surface area contributed by atoms with E-state index in [2.05, 4.69) is 0 Å². The molecule has 0 rings (SSSR count). The number of carboxylic acids is 1. The highest BCUT2D eigenvalue weighted by atomic mass is 16.4. The minimum Gasteiger partial charge on any atom is -0.481 e. The quantitative estimate of drug-likeness (QED) is 0.376. The fourth-order valence-corrected chi connectivity index (χ4v) is 1.86. The molecule has 0 spiro atoms. The van der Waals surface area contributed by atoms with Gasteiger partial charge in [-0.1, -0.05) is 74.6 Å². The Labute approximate surface area is 156 Å². The van der Waals surface area contributed by atoms with Gasteiger partial charge in [0.15, 0.2) is 0 Å². The topological polar surface area (TPSA) is 98.0 Å². The molecule has 5 heteroatoms. The van der Waals surface area contributed by atoms with E-state index in [4.69, 9.17) is 5.11 Å². The lowest BCUT2D eigenvalue weighted by Crippen LogP contribution is -2.12. The highest BCUT2D eigenvalue weighted by molar-refractivity contribution is 5.69. The van der Waals surface area contributed by atoms with Crippen LogP contribution in [0.1, 0.15) is 39.5 Å². The summed E-state index contributed by atoms with van der Waals surface area (Å²) in [6.45, 7) is 3.52. The Balaban J connectivity index is 4.02. The molecule has 0 saturated heterocycles. The Bertz CT molecular complexity index is 516. The highest BCUT2D eigenvalue weighted by Crippen LogP contribution is 2.09. The van der Waals surface area contributed by atoms with Crippen LogP contribution in [0.4, 0.5) is 0 Å². The summed E-state index contributed by atoms with van der Waals surface area (Å²) in [5.41, 5.74) is 0. The molecule has 0 heterocycles. The van der Waals surface area contributed by atoms with E-state index in [1.165, 1.54) is 0 Å². The number of aliphatic carboxylic acids is 1. The third-order valence-corrected chi connectivity index (χ3v) is 3.69. The van der Waals surface area contributed by atoms with Gasteiger partial charge in [0.05, 0.1) is 24.2 Å². The van der Waals surface area contributed by atoms with Gasteiger partial charge in [-0.25, -0.2) is 0 Å². The minimum absolute atomic E-state index is 0.405. The predicted molar refractivity (Wildman–Crippen MR) is 105 cm³/mol. The Morgan fingerprint density at radius 3 is 1.92 bits per heavy atom. The molecule has 0 bridgehead atoms. The molecular formula is C21H32O5. The van der Waals surface area contributed by atoms with Crippen LogP contribution >= 0.6 is 0 Å². The Morgan fingerprint density at radius 1 is 0.808 bits per heavy atom. The van der Waals surface area contributed by atoms with E-state index in [1.54, 1.807) is 61.6 Å². The maximum absolute atomic E-state index is 10.7. The van der Waals surface area contributed by atoms with Crippen molar-refractivity contribution in [2.75, 3.05) is 0 Å². The molecule has 0 aromatic heterocycles. The Morgan fingerprint density at radius 2 is 1.35 bits per heavy atom. The standard InChI is InChI=1S/C21H32O5/c1-3-18(22)11-9-6-10-13-19(23)12-7-4-5-8-14-20(24)16-15-17(2)21(25)26/h4-12,14,17-20,22-24H,3,13,15-16H2,1-2H3,(H,25,26)/b5-4+,10-6-,11-9+,12-7+,14-8-/t17?,18-,19+,20-/m1/s1. The van der Waals surface area contributed by atoms with Gasteiger partial charge in [0.1, 0.15) is 0 Å². The van der Waals surface area contributed by atoms with Crippen LogP contribution in [0.5, 0.6) is 0 Å². The second kappa shape index (κ2) is 15.3. The summed E-state index contributed by atoms with van der Waals surface area (Å²) >= 11 is 0. The van der Waals surface area contributed by atoms with Crippen molar-refractivity contribution in [3.05, 3.63) is 60.8 Å². The molecule has 0 aliphatic heterocycles. The fourth-order valence-electron chi connectivity index (χ4n) is 1.86. The van der Waals surface area contributed by atoms with Gasteiger partial charge in [0.25, 0.3) is 0 Å². The molecule has 4 N–H and O–H groups in total. The maximum Gasteiger partial charge on any atom is 0.306 e. The number of allylic oxidation sites excluding steroid dienone is 6. The minimum atomic E-state index is -0.853. The zero-order valence-corrected chi connectivity index (χ0v) is 15.6. The van der Waals surface area contributed by atoms with Crippen LogP contribution in [-0.4, -0.2) is 44.7 Å². The predicted octanol–water partition coefficient (Wildman–Crippen LogP) is 3.15. The largest absolute Gasteiger partial charge is 0.481 e. The summed E-state index contributed by atoms with van der Waals surface area (Å²) in [7, 11) is 0. The molecule has 26 heavy (non-hydrogen) atoms. The molecule has 4 atom stereocenters. The first-order valence-corrected chi connectivity index (χ1v) is 8.98. The van der Waals surface area contributed by atoms with Gasteiger partial charge in [-0.2, -0.15) is 0 Å². The number of aliphatic hydroxyl groups excluding tert-OH is 3. The summed E-state index contributed by atoms with van der Waals surface area (Å²) in [6.07, 6.45) is 17.5. The summed E-state index contributed by atoms with van der Waals surface area (Å²) in [5.74, 6) is -1.31. The maximum atomic E-state index is 10.7. The second-order valence-electron chi connectivity index (χ2n) is 6.13. The number of carbonyl (C=O) groups is 1. The van der Waals surface area contributed by atoms with Crippen LogP contribution in [-0.2, 0) is 4.79 Å². The molecule has 0 radical (unpaired) electrons. The van der Waals surface area contributed by atoms with E-state index in [0.29, 0.717) is 25.7 Å². The van der Waals surface area contributed by atoms with E-state index >= 15 is 0 Å². The molecule has 0 amide bonds. The molecule has 0 saturated carbocycles. The SMILES string of the molecule is CC[C@@H](O)/C=C/C=C\C[C@@H](O)/C=C/C=C/C=C\[C@@H](O)CCC(C)C(=O)O. The fraction of sp³-hybridized carbons (Fsp3) is 0.476. The van der Waals surface area contributed by atoms with Crippen molar-refractivity contribution in [3.63, 3.8) is 0 Å². The molecule has 1 unspecified atom stereocenters. The number of rotatable bonds is 13. The first-order valence-electron chi connectivity index (χ1n) is 8.98.